The van der Waals surface area contributed by atoms with Crippen LogP contribution in [0.3, 0.4) is 0 Å². The van der Waals surface area contributed by atoms with E-state index >= 15 is 0 Å². The summed E-state index contributed by atoms with van der Waals surface area (Å²) in [5.41, 5.74) is 5.34. The van der Waals surface area contributed by atoms with Gasteiger partial charge in [-0.15, -0.1) is 0 Å². The molecule has 1 heterocycles. The largest absolute Gasteiger partial charge is 0.444 e. The Labute approximate surface area is 101 Å². The van der Waals surface area contributed by atoms with Crippen LogP contribution in [0.2, 0.25) is 0 Å². The van der Waals surface area contributed by atoms with Crippen LogP contribution in [0.5, 0.6) is 0 Å². The van der Waals surface area contributed by atoms with E-state index in [0.29, 0.717) is 12.4 Å². The molecule has 1 aromatic heterocycles. The molecule has 5 heteroatoms. The monoisotopic (exact) mass is 237 g/mol. The van der Waals surface area contributed by atoms with Crippen molar-refractivity contribution in [2.75, 3.05) is 6.54 Å². The van der Waals surface area contributed by atoms with Crippen molar-refractivity contribution in [1.29, 1.82) is 0 Å². The SMILES string of the molecule is Cc1cnc(C(C)NC(=O)C2(CN)CCC2)o1. The molecule has 1 atom stereocenters. The maximum Gasteiger partial charge on any atom is 0.228 e. The minimum Gasteiger partial charge on any atom is -0.444 e. The summed E-state index contributed by atoms with van der Waals surface area (Å²) >= 11 is 0. The third kappa shape index (κ3) is 2.20. The number of aromatic nitrogens is 1. The molecular weight excluding hydrogens is 218 g/mol. The highest BCUT2D eigenvalue weighted by molar-refractivity contribution is 5.84. The highest BCUT2D eigenvalue weighted by Gasteiger charge is 2.43. The molecule has 94 valence electrons. The van der Waals surface area contributed by atoms with E-state index in [1.54, 1.807) is 6.20 Å². The number of hydrogen-bond donors (Lipinski definition) is 2. The van der Waals surface area contributed by atoms with Gasteiger partial charge in [0, 0.05) is 6.54 Å². The lowest BCUT2D eigenvalue weighted by Gasteiger charge is -2.39. The second-order valence-electron chi connectivity index (χ2n) is 4.84. The van der Waals surface area contributed by atoms with Crippen molar-refractivity contribution < 1.29 is 9.21 Å². The van der Waals surface area contributed by atoms with Gasteiger partial charge in [0.05, 0.1) is 11.6 Å². The predicted molar refractivity (Wildman–Crippen MR) is 63.1 cm³/mol. The quantitative estimate of drug-likeness (QED) is 0.826. The van der Waals surface area contributed by atoms with Gasteiger partial charge in [0.15, 0.2) is 0 Å². The summed E-state index contributed by atoms with van der Waals surface area (Å²) in [5, 5.41) is 2.93. The number of nitrogens with one attached hydrogen (secondary N) is 1. The van der Waals surface area contributed by atoms with Crippen LogP contribution in [0.15, 0.2) is 10.6 Å². The molecule has 0 radical (unpaired) electrons. The Kier molecular flexibility index (Phi) is 3.19. The predicted octanol–water partition coefficient (Wildman–Crippen LogP) is 1.29. The molecule has 1 aromatic rings. The molecule has 0 spiro atoms. The third-order valence-corrected chi connectivity index (χ3v) is 3.54. The fourth-order valence-electron chi connectivity index (χ4n) is 2.11. The smallest absolute Gasteiger partial charge is 0.228 e. The Bertz CT molecular complexity index is 404. The van der Waals surface area contributed by atoms with Gasteiger partial charge >= 0.3 is 0 Å². The molecule has 0 saturated heterocycles. The van der Waals surface area contributed by atoms with Gasteiger partial charge in [-0.3, -0.25) is 4.79 Å². The van der Waals surface area contributed by atoms with Crippen molar-refractivity contribution in [2.45, 2.75) is 39.2 Å². The molecule has 0 bridgehead atoms. The third-order valence-electron chi connectivity index (χ3n) is 3.54. The summed E-state index contributed by atoms with van der Waals surface area (Å²) in [6.07, 6.45) is 4.50. The van der Waals surface area contributed by atoms with Crippen LogP contribution in [-0.2, 0) is 4.79 Å². The molecule has 3 N–H and O–H groups in total. The van der Waals surface area contributed by atoms with Gasteiger partial charge in [-0.1, -0.05) is 6.42 Å². The van der Waals surface area contributed by atoms with Gasteiger partial charge in [-0.25, -0.2) is 4.98 Å². The minimum atomic E-state index is -0.351. The van der Waals surface area contributed by atoms with Crippen LogP contribution < -0.4 is 11.1 Å². The summed E-state index contributed by atoms with van der Waals surface area (Å²) < 4.78 is 5.39. The lowest BCUT2D eigenvalue weighted by Crippen LogP contribution is -2.50. The molecule has 0 aromatic carbocycles. The van der Waals surface area contributed by atoms with Crippen LogP contribution >= 0.6 is 0 Å². The second kappa shape index (κ2) is 4.49. The van der Waals surface area contributed by atoms with E-state index in [2.05, 4.69) is 10.3 Å². The number of carbonyl (C=O) groups is 1. The van der Waals surface area contributed by atoms with E-state index in [-0.39, 0.29) is 17.4 Å². The van der Waals surface area contributed by atoms with E-state index in [1.807, 2.05) is 13.8 Å². The van der Waals surface area contributed by atoms with Gasteiger partial charge in [0.1, 0.15) is 11.8 Å². The molecule has 1 aliphatic carbocycles. The van der Waals surface area contributed by atoms with Crippen LogP contribution in [-0.4, -0.2) is 17.4 Å². The Balaban J connectivity index is 1.99. The van der Waals surface area contributed by atoms with Crippen molar-refractivity contribution in [3.63, 3.8) is 0 Å². The number of carbonyl (C=O) groups excluding carboxylic acids is 1. The summed E-state index contributed by atoms with van der Waals surface area (Å²) in [6, 6.07) is -0.208. The topological polar surface area (TPSA) is 81.2 Å². The molecule has 1 aliphatic rings. The van der Waals surface area contributed by atoms with E-state index < -0.39 is 0 Å². The molecular formula is C12H19N3O2. The molecule has 1 unspecified atom stereocenters. The van der Waals surface area contributed by atoms with Crippen LogP contribution in [0.1, 0.15) is 43.9 Å². The number of aryl methyl sites for hydroxylation is 1. The van der Waals surface area contributed by atoms with Crippen LogP contribution in [0.4, 0.5) is 0 Å². The summed E-state index contributed by atoms with van der Waals surface area (Å²) in [6.45, 7) is 4.11. The zero-order valence-corrected chi connectivity index (χ0v) is 10.3. The maximum absolute atomic E-state index is 12.1. The maximum atomic E-state index is 12.1. The highest BCUT2D eigenvalue weighted by Crippen LogP contribution is 2.40. The second-order valence-corrected chi connectivity index (χ2v) is 4.84. The Hall–Kier alpha value is -1.36. The summed E-state index contributed by atoms with van der Waals surface area (Å²) in [7, 11) is 0. The van der Waals surface area contributed by atoms with Crippen molar-refractivity contribution in [3.8, 4) is 0 Å². The van der Waals surface area contributed by atoms with E-state index in [4.69, 9.17) is 10.2 Å². The molecule has 0 aliphatic heterocycles. The fourth-order valence-corrected chi connectivity index (χ4v) is 2.11. The number of hydrogen-bond acceptors (Lipinski definition) is 4. The van der Waals surface area contributed by atoms with Gasteiger partial charge < -0.3 is 15.5 Å². The molecule has 1 fully saturated rings. The van der Waals surface area contributed by atoms with Gasteiger partial charge in [0.25, 0.3) is 0 Å². The first kappa shape index (κ1) is 12.1. The van der Waals surface area contributed by atoms with Crippen molar-refractivity contribution >= 4 is 5.91 Å². The molecule has 5 nitrogen and oxygen atoms in total. The van der Waals surface area contributed by atoms with Crippen molar-refractivity contribution in [2.24, 2.45) is 11.1 Å². The fraction of sp³-hybridized carbons (Fsp3) is 0.667. The Morgan fingerprint density at radius 1 is 1.71 bits per heavy atom. The molecule has 1 saturated carbocycles. The number of oxazole rings is 1. The number of rotatable bonds is 4. The average molecular weight is 237 g/mol. The van der Waals surface area contributed by atoms with Gasteiger partial charge in [0.2, 0.25) is 11.8 Å². The highest BCUT2D eigenvalue weighted by atomic mass is 16.4. The number of nitrogens with two attached hydrogens (primary N) is 1. The first-order chi connectivity index (χ1) is 8.07. The Morgan fingerprint density at radius 2 is 2.41 bits per heavy atom. The zero-order valence-electron chi connectivity index (χ0n) is 10.3. The standard InChI is InChI=1S/C12H19N3O2/c1-8-6-14-10(17-8)9(2)15-11(16)12(7-13)4-3-5-12/h6,9H,3-5,7,13H2,1-2H3,(H,15,16). The van der Waals surface area contributed by atoms with Crippen molar-refractivity contribution in [1.82, 2.24) is 10.3 Å². The molecule has 2 rings (SSSR count). The number of nitrogens with zero attached hydrogens (tertiary/aromatic N) is 1. The molecule has 17 heavy (non-hydrogen) atoms. The molecule has 1 amide bonds. The summed E-state index contributed by atoms with van der Waals surface area (Å²) in [4.78, 5) is 16.2. The normalized spacial score (nSPS) is 19.5. The van der Waals surface area contributed by atoms with E-state index in [9.17, 15) is 4.79 Å². The summed E-state index contributed by atoms with van der Waals surface area (Å²) in [5.74, 6) is 1.32. The Morgan fingerprint density at radius 3 is 2.82 bits per heavy atom. The number of amides is 1. The lowest BCUT2D eigenvalue weighted by molar-refractivity contribution is -0.136. The first-order valence-electron chi connectivity index (χ1n) is 6.01. The van der Waals surface area contributed by atoms with Crippen molar-refractivity contribution in [3.05, 3.63) is 17.8 Å². The zero-order chi connectivity index (χ0) is 12.5. The minimum absolute atomic E-state index is 0.0228. The van der Waals surface area contributed by atoms with Crippen LogP contribution in [0, 0.1) is 12.3 Å². The van der Waals surface area contributed by atoms with Crippen LogP contribution in [0.25, 0.3) is 0 Å². The van der Waals surface area contributed by atoms with E-state index in [0.717, 1.165) is 25.0 Å². The van der Waals surface area contributed by atoms with Gasteiger partial charge in [-0.05, 0) is 26.7 Å². The average Bonchev–Trinajstić information content (AvgIpc) is 2.64. The van der Waals surface area contributed by atoms with Gasteiger partial charge in [-0.2, -0.15) is 0 Å². The lowest BCUT2D eigenvalue weighted by atomic mass is 9.68. The van der Waals surface area contributed by atoms with E-state index in [1.165, 1.54) is 0 Å². The first-order valence-corrected chi connectivity index (χ1v) is 6.01.